The molecule has 0 radical (unpaired) electrons. The molecule has 0 aliphatic carbocycles. The summed E-state index contributed by atoms with van der Waals surface area (Å²) in [4.78, 5) is 18.5. The molecule has 1 saturated heterocycles. The van der Waals surface area contributed by atoms with Gasteiger partial charge in [0.05, 0.1) is 12.8 Å². The van der Waals surface area contributed by atoms with Crippen LogP contribution >= 0.6 is 0 Å². The molecule has 1 aliphatic heterocycles. The van der Waals surface area contributed by atoms with Crippen LogP contribution in [0.5, 0.6) is 5.75 Å². The number of methoxy groups -OCH3 is 1. The van der Waals surface area contributed by atoms with Gasteiger partial charge in [-0.2, -0.15) is 0 Å². The molecule has 3 aromatic rings. The fourth-order valence-electron chi connectivity index (χ4n) is 4.18. The highest BCUT2D eigenvalue weighted by atomic mass is 16.5. The van der Waals surface area contributed by atoms with Gasteiger partial charge >= 0.3 is 0 Å². The van der Waals surface area contributed by atoms with Gasteiger partial charge in [0, 0.05) is 62.7 Å². The van der Waals surface area contributed by atoms with Crippen molar-refractivity contribution in [2.24, 2.45) is 0 Å². The summed E-state index contributed by atoms with van der Waals surface area (Å²) in [6, 6.07) is 12.5. The minimum atomic E-state index is 0.377. The van der Waals surface area contributed by atoms with Gasteiger partial charge in [0.15, 0.2) is 5.82 Å². The highest BCUT2D eigenvalue weighted by Gasteiger charge is 2.25. The molecular weight excluding hydrogens is 386 g/mol. The van der Waals surface area contributed by atoms with Crippen molar-refractivity contribution in [3.8, 4) is 17.1 Å². The molecular formula is C25H31N5O. The van der Waals surface area contributed by atoms with Gasteiger partial charge < -0.3 is 9.64 Å². The van der Waals surface area contributed by atoms with E-state index >= 15 is 0 Å². The standard InChI is InChI=1S/C25H31N5O/c1-18-9-10-21(23(13-18)31-4)17-30-12-6-8-20(16-30)22-14-24(29(2)3)28-25(27-22)19-7-5-11-26-15-19/h5,7,9-11,13-15,20H,6,8,12,16-17H2,1-4H3. The Morgan fingerprint density at radius 2 is 2.03 bits per heavy atom. The van der Waals surface area contributed by atoms with Gasteiger partial charge in [-0.25, -0.2) is 9.97 Å². The molecule has 4 rings (SSSR count). The first-order valence-electron chi connectivity index (χ1n) is 10.9. The van der Waals surface area contributed by atoms with Gasteiger partial charge in [0.25, 0.3) is 0 Å². The van der Waals surface area contributed by atoms with Gasteiger partial charge in [0.1, 0.15) is 11.6 Å². The normalized spacial score (nSPS) is 16.8. The highest BCUT2D eigenvalue weighted by Crippen LogP contribution is 2.31. The molecule has 162 valence electrons. The Morgan fingerprint density at radius 3 is 2.77 bits per heavy atom. The van der Waals surface area contributed by atoms with E-state index < -0.39 is 0 Å². The first kappa shape index (κ1) is 21.2. The molecule has 0 saturated carbocycles. The number of hydrogen-bond donors (Lipinski definition) is 0. The third-order valence-electron chi connectivity index (χ3n) is 5.87. The van der Waals surface area contributed by atoms with Crippen LogP contribution in [0.2, 0.25) is 0 Å². The van der Waals surface area contributed by atoms with E-state index in [0.717, 1.165) is 61.1 Å². The van der Waals surface area contributed by atoms with Crippen molar-refractivity contribution >= 4 is 5.82 Å². The van der Waals surface area contributed by atoms with E-state index in [2.05, 4.69) is 41.1 Å². The van der Waals surface area contributed by atoms with Crippen molar-refractivity contribution in [1.82, 2.24) is 19.9 Å². The van der Waals surface area contributed by atoms with Crippen molar-refractivity contribution in [2.45, 2.75) is 32.2 Å². The van der Waals surface area contributed by atoms with Crippen LogP contribution in [0.3, 0.4) is 0 Å². The summed E-state index contributed by atoms with van der Waals surface area (Å²) in [6.45, 7) is 5.06. The van der Waals surface area contributed by atoms with E-state index in [-0.39, 0.29) is 0 Å². The van der Waals surface area contributed by atoms with E-state index in [9.17, 15) is 0 Å². The number of ether oxygens (including phenoxy) is 1. The predicted octanol–water partition coefficient (Wildman–Crippen LogP) is 4.30. The van der Waals surface area contributed by atoms with Crippen molar-refractivity contribution < 1.29 is 4.74 Å². The number of nitrogens with zero attached hydrogens (tertiary/aromatic N) is 5. The third kappa shape index (κ3) is 5.02. The SMILES string of the molecule is COc1cc(C)ccc1CN1CCCC(c2cc(N(C)C)nc(-c3cccnc3)n2)C1. The zero-order valence-corrected chi connectivity index (χ0v) is 18.9. The number of pyridine rings is 1. The maximum Gasteiger partial charge on any atom is 0.163 e. The average molecular weight is 418 g/mol. The molecule has 0 spiro atoms. The summed E-state index contributed by atoms with van der Waals surface area (Å²) in [7, 11) is 5.80. The molecule has 0 N–H and O–H groups in total. The lowest BCUT2D eigenvalue weighted by atomic mass is 9.93. The Bertz CT molecular complexity index is 1020. The molecule has 2 aromatic heterocycles. The summed E-state index contributed by atoms with van der Waals surface area (Å²) >= 11 is 0. The van der Waals surface area contributed by atoms with Crippen LogP contribution in [-0.4, -0.2) is 54.1 Å². The van der Waals surface area contributed by atoms with Crippen LogP contribution < -0.4 is 9.64 Å². The van der Waals surface area contributed by atoms with E-state index in [1.54, 1.807) is 13.3 Å². The van der Waals surface area contributed by atoms with Crippen LogP contribution in [0.25, 0.3) is 11.4 Å². The van der Waals surface area contributed by atoms with Gasteiger partial charge in [-0.05, 0) is 50.1 Å². The molecule has 3 heterocycles. The molecule has 0 bridgehead atoms. The zero-order chi connectivity index (χ0) is 21.8. The second-order valence-electron chi connectivity index (χ2n) is 8.50. The minimum Gasteiger partial charge on any atom is -0.496 e. The molecule has 1 atom stereocenters. The number of aromatic nitrogens is 3. The first-order valence-corrected chi connectivity index (χ1v) is 10.9. The highest BCUT2D eigenvalue weighted by molar-refractivity contribution is 5.56. The maximum atomic E-state index is 5.63. The number of anilines is 1. The summed E-state index contributed by atoms with van der Waals surface area (Å²) in [6.07, 6.45) is 5.90. The summed E-state index contributed by atoms with van der Waals surface area (Å²) in [5, 5.41) is 0. The number of rotatable bonds is 6. The molecule has 1 unspecified atom stereocenters. The number of likely N-dealkylation sites (tertiary alicyclic amines) is 1. The monoisotopic (exact) mass is 417 g/mol. The molecule has 1 fully saturated rings. The van der Waals surface area contributed by atoms with E-state index in [0.29, 0.717) is 5.92 Å². The average Bonchev–Trinajstić information content (AvgIpc) is 2.80. The fourth-order valence-corrected chi connectivity index (χ4v) is 4.18. The molecule has 1 aliphatic rings. The van der Waals surface area contributed by atoms with Crippen LogP contribution in [0.15, 0.2) is 48.8 Å². The van der Waals surface area contributed by atoms with Gasteiger partial charge in [-0.15, -0.1) is 0 Å². The van der Waals surface area contributed by atoms with Crippen LogP contribution in [0.1, 0.15) is 35.6 Å². The van der Waals surface area contributed by atoms with E-state index in [4.69, 9.17) is 14.7 Å². The van der Waals surface area contributed by atoms with E-state index in [1.165, 1.54) is 11.1 Å². The van der Waals surface area contributed by atoms with Gasteiger partial charge in [-0.3, -0.25) is 9.88 Å². The quantitative estimate of drug-likeness (QED) is 0.596. The predicted molar refractivity (Wildman–Crippen MR) is 125 cm³/mol. The summed E-state index contributed by atoms with van der Waals surface area (Å²) in [5.41, 5.74) is 4.52. The lowest BCUT2D eigenvalue weighted by Crippen LogP contribution is -2.34. The molecule has 6 heteroatoms. The maximum absolute atomic E-state index is 5.63. The Kier molecular flexibility index (Phi) is 6.47. The zero-order valence-electron chi connectivity index (χ0n) is 18.9. The second kappa shape index (κ2) is 9.43. The largest absolute Gasteiger partial charge is 0.496 e. The molecule has 31 heavy (non-hydrogen) atoms. The van der Waals surface area contributed by atoms with Gasteiger partial charge in [-0.1, -0.05) is 12.1 Å². The smallest absolute Gasteiger partial charge is 0.163 e. The Balaban J connectivity index is 1.58. The number of piperidine rings is 1. The van der Waals surface area contributed by atoms with Crippen LogP contribution in [0.4, 0.5) is 5.82 Å². The van der Waals surface area contributed by atoms with E-state index in [1.807, 2.05) is 37.3 Å². The fraction of sp³-hybridized carbons (Fsp3) is 0.400. The van der Waals surface area contributed by atoms with Crippen molar-refractivity contribution in [3.63, 3.8) is 0 Å². The Labute approximate surface area is 184 Å². The van der Waals surface area contributed by atoms with Crippen molar-refractivity contribution in [1.29, 1.82) is 0 Å². The number of hydrogen-bond acceptors (Lipinski definition) is 6. The van der Waals surface area contributed by atoms with Crippen LogP contribution in [-0.2, 0) is 6.54 Å². The van der Waals surface area contributed by atoms with Crippen molar-refractivity contribution in [3.05, 3.63) is 65.6 Å². The molecule has 1 aromatic carbocycles. The summed E-state index contributed by atoms with van der Waals surface area (Å²) < 4.78 is 5.63. The second-order valence-corrected chi connectivity index (χ2v) is 8.50. The Hall–Kier alpha value is -2.99. The van der Waals surface area contributed by atoms with Gasteiger partial charge in [0.2, 0.25) is 0 Å². The molecule has 6 nitrogen and oxygen atoms in total. The topological polar surface area (TPSA) is 54.4 Å². The third-order valence-corrected chi connectivity index (χ3v) is 5.87. The Morgan fingerprint density at radius 1 is 1.16 bits per heavy atom. The van der Waals surface area contributed by atoms with Crippen LogP contribution in [0, 0.1) is 6.92 Å². The number of aryl methyl sites for hydroxylation is 1. The first-order chi connectivity index (χ1) is 15.0. The lowest BCUT2D eigenvalue weighted by molar-refractivity contribution is 0.196. The molecule has 0 amide bonds. The summed E-state index contributed by atoms with van der Waals surface area (Å²) in [5.74, 6) is 3.02. The lowest BCUT2D eigenvalue weighted by Gasteiger charge is -2.33. The minimum absolute atomic E-state index is 0.377. The number of benzene rings is 1. The van der Waals surface area contributed by atoms with Crippen molar-refractivity contribution in [2.75, 3.05) is 39.2 Å².